The van der Waals surface area contributed by atoms with Crippen molar-refractivity contribution in [2.45, 2.75) is 43.7 Å². The molecular weight excluding hydrogens is 254 g/mol. The molecule has 3 aliphatic heterocycles. The van der Waals surface area contributed by atoms with E-state index >= 15 is 0 Å². The van der Waals surface area contributed by atoms with E-state index in [1.807, 2.05) is 0 Å². The maximum Gasteiger partial charge on any atom is 0.231 e. The van der Waals surface area contributed by atoms with E-state index in [0.29, 0.717) is 25.2 Å². The predicted octanol–water partition coefficient (Wildman–Crippen LogP) is 1.99. The van der Waals surface area contributed by atoms with Crippen molar-refractivity contribution < 1.29 is 14.3 Å². The second-order valence-electron chi connectivity index (χ2n) is 6.42. The number of nitrogens with zero attached hydrogens (tertiary/aromatic N) is 1. The summed E-state index contributed by atoms with van der Waals surface area (Å²) in [6.07, 6.45) is 4.55. The van der Waals surface area contributed by atoms with Crippen molar-refractivity contribution in [1.82, 2.24) is 4.90 Å². The molecule has 2 bridgehead atoms. The minimum absolute atomic E-state index is 0.257. The number of ether oxygens (including phenoxy) is 2. The molecule has 5 rings (SSSR count). The second-order valence-corrected chi connectivity index (χ2v) is 6.42. The third kappa shape index (κ3) is 1.15. The largest absolute Gasteiger partial charge is 0.454 e. The first-order valence-electron chi connectivity index (χ1n) is 7.49. The highest BCUT2D eigenvalue weighted by molar-refractivity contribution is 5.96. The van der Waals surface area contributed by atoms with Gasteiger partial charge in [-0.3, -0.25) is 9.69 Å². The lowest BCUT2D eigenvalue weighted by Crippen LogP contribution is -2.50. The lowest BCUT2D eigenvalue weighted by Gasteiger charge is -2.45. The molecule has 2 fully saturated rings. The van der Waals surface area contributed by atoms with Crippen molar-refractivity contribution in [3.8, 4) is 11.5 Å². The van der Waals surface area contributed by atoms with Crippen LogP contribution in [0.25, 0.3) is 0 Å². The van der Waals surface area contributed by atoms with Crippen LogP contribution in [0.3, 0.4) is 0 Å². The van der Waals surface area contributed by atoms with E-state index in [-0.39, 0.29) is 5.41 Å². The summed E-state index contributed by atoms with van der Waals surface area (Å²) in [5, 5.41) is 0. The molecule has 0 amide bonds. The molecule has 0 N–H and O–H groups in total. The van der Waals surface area contributed by atoms with Crippen molar-refractivity contribution in [3.63, 3.8) is 0 Å². The molecule has 1 aromatic rings. The molecule has 1 saturated carbocycles. The van der Waals surface area contributed by atoms with Gasteiger partial charge in [0.05, 0.1) is 12.0 Å². The van der Waals surface area contributed by atoms with Crippen LogP contribution < -0.4 is 9.47 Å². The molecule has 3 unspecified atom stereocenters. The molecule has 1 saturated heterocycles. The Balaban J connectivity index is 1.76. The number of hydrogen-bond donors (Lipinski definition) is 0. The third-order valence-electron chi connectivity index (χ3n) is 5.61. The first-order chi connectivity index (χ1) is 9.79. The summed E-state index contributed by atoms with van der Waals surface area (Å²) < 4.78 is 11.0. The molecule has 0 radical (unpaired) electrons. The summed E-state index contributed by atoms with van der Waals surface area (Å²) in [5.74, 6) is 2.07. The zero-order valence-corrected chi connectivity index (χ0v) is 11.4. The molecule has 20 heavy (non-hydrogen) atoms. The van der Waals surface area contributed by atoms with Crippen molar-refractivity contribution in [3.05, 3.63) is 23.3 Å². The van der Waals surface area contributed by atoms with E-state index in [4.69, 9.17) is 9.47 Å². The van der Waals surface area contributed by atoms with E-state index in [1.54, 1.807) is 0 Å². The molecule has 4 aliphatic rings. The zero-order chi connectivity index (χ0) is 13.3. The Labute approximate surface area is 117 Å². The van der Waals surface area contributed by atoms with Gasteiger partial charge < -0.3 is 9.47 Å². The Kier molecular flexibility index (Phi) is 1.98. The van der Waals surface area contributed by atoms with E-state index < -0.39 is 0 Å². The van der Waals surface area contributed by atoms with E-state index in [9.17, 15) is 4.79 Å². The third-order valence-corrected chi connectivity index (χ3v) is 5.61. The lowest BCUT2D eigenvalue weighted by molar-refractivity contribution is -0.122. The highest BCUT2D eigenvalue weighted by Gasteiger charge is 2.58. The minimum Gasteiger partial charge on any atom is -0.454 e. The fourth-order valence-corrected chi connectivity index (χ4v) is 4.79. The van der Waals surface area contributed by atoms with Crippen molar-refractivity contribution in [1.29, 1.82) is 0 Å². The Morgan fingerprint density at radius 2 is 2.00 bits per heavy atom. The van der Waals surface area contributed by atoms with Crippen LogP contribution in [-0.4, -0.2) is 30.1 Å². The van der Waals surface area contributed by atoms with Gasteiger partial charge in [-0.25, -0.2) is 0 Å². The first-order valence-corrected chi connectivity index (χ1v) is 7.49. The number of Topliss-reactive ketones (excluding diaryl/α,β-unsaturated/α-hetero) is 1. The maximum atomic E-state index is 12.8. The van der Waals surface area contributed by atoms with Gasteiger partial charge in [-0.05, 0) is 36.1 Å². The SMILES string of the molecule is O=C1CN2Cc3cc4c(cc3C13CCCCC23)OCO4. The fraction of sp³-hybridized carbons (Fsp3) is 0.562. The average Bonchev–Trinajstić information content (AvgIpc) is 2.99. The summed E-state index contributed by atoms with van der Waals surface area (Å²) in [6.45, 7) is 1.79. The smallest absolute Gasteiger partial charge is 0.231 e. The molecule has 4 heteroatoms. The average molecular weight is 271 g/mol. The van der Waals surface area contributed by atoms with E-state index in [0.717, 1.165) is 37.3 Å². The normalized spacial score (nSPS) is 36.7. The Bertz CT molecular complexity index is 626. The van der Waals surface area contributed by atoms with E-state index in [1.165, 1.54) is 17.5 Å². The van der Waals surface area contributed by atoms with Gasteiger partial charge in [0.2, 0.25) is 6.79 Å². The second kappa shape index (κ2) is 3.55. The van der Waals surface area contributed by atoms with Crippen LogP contribution in [0.5, 0.6) is 11.5 Å². The monoisotopic (exact) mass is 271 g/mol. The van der Waals surface area contributed by atoms with Gasteiger partial charge >= 0.3 is 0 Å². The molecule has 104 valence electrons. The number of carbonyl (C=O) groups excluding carboxylic acids is 1. The topological polar surface area (TPSA) is 38.8 Å². The van der Waals surface area contributed by atoms with Crippen molar-refractivity contribution in [2.24, 2.45) is 0 Å². The number of ketones is 1. The molecule has 3 atom stereocenters. The van der Waals surface area contributed by atoms with Gasteiger partial charge in [-0.15, -0.1) is 0 Å². The molecule has 0 spiro atoms. The van der Waals surface area contributed by atoms with Gasteiger partial charge in [0.15, 0.2) is 17.3 Å². The highest BCUT2D eigenvalue weighted by Crippen LogP contribution is 2.53. The van der Waals surface area contributed by atoms with Crippen molar-refractivity contribution in [2.75, 3.05) is 13.3 Å². The lowest BCUT2D eigenvalue weighted by atomic mass is 9.63. The standard InChI is InChI=1S/C16H17NO3/c18-15-8-17-7-10-5-12-13(20-9-19-12)6-11(10)16(15)4-2-1-3-14(16)17/h5-6,14H,1-4,7-9H2. The Morgan fingerprint density at radius 3 is 2.90 bits per heavy atom. The number of rotatable bonds is 0. The molecule has 1 aromatic carbocycles. The molecule has 0 aromatic heterocycles. The van der Waals surface area contributed by atoms with Gasteiger partial charge in [-0.1, -0.05) is 12.8 Å². The number of carbonyl (C=O) groups is 1. The molecule has 1 aliphatic carbocycles. The summed E-state index contributed by atoms with van der Waals surface area (Å²) in [7, 11) is 0. The predicted molar refractivity (Wildman–Crippen MR) is 71.9 cm³/mol. The van der Waals surface area contributed by atoms with Crippen LogP contribution >= 0.6 is 0 Å². The highest BCUT2D eigenvalue weighted by atomic mass is 16.7. The zero-order valence-electron chi connectivity index (χ0n) is 11.4. The Hall–Kier alpha value is -1.55. The Morgan fingerprint density at radius 1 is 1.15 bits per heavy atom. The number of benzene rings is 1. The quantitative estimate of drug-likeness (QED) is 0.723. The summed E-state index contributed by atoms with van der Waals surface area (Å²) >= 11 is 0. The molecule has 4 nitrogen and oxygen atoms in total. The van der Waals surface area contributed by atoms with Crippen LogP contribution in [0.2, 0.25) is 0 Å². The molecular formula is C16H17NO3. The van der Waals surface area contributed by atoms with E-state index in [2.05, 4.69) is 17.0 Å². The van der Waals surface area contributed by atoms with Gasteiger partial charge in [0, 0.05) is 12.6 Å². The molecule has 3 heterocycles. The van der Waals surface area contributed by atoms with Gasteiger partial charge in [0.25, 0.3) is 0 Å². The summed E-state index contributed by atoms with van der Waals surface area (Å²) in [6, 6.07) is 4.60. The van der Waals surface area contributed by atoms with Crippen LogP contribution in [-0.2, 0) is 16.8 Å². The number of hydrogen-bond acceptors (Lipinski definition) is 4. The fourth-order valence-electron chi connectivity index (χ4n) is 4.79. The minimum atomic E-state index is -0.257. The first kappa shape index (κ1) is 11.1. The van der Waals surface area contributed by atoms with Crippen LogP contribution in [0, 0.1) is 0 Å². The van der Waals surface area contributed by atoms with Crippen LogP contribution in [0.15, 0.2) is 12.1 Å². The van der Waals surface area contributed by atoms with Gasteiger partial charge in [0.1, 0.15) is 0 Å². The van der Waals surface area contributed by atoms with Crippen molar-refractivity contribution >= 4 is 5.78 Å². The maximum absolute atomic E-state index is 12.8. The van der Waals surface area contributed by atoms with Crippen LogP contribution in [0.4, 0.5) is 0 Å². The van der Waals surface area contributed by atoms with Gasteiger partial charge in [-0.2, -0.15) is 0 Å². The summed E-state index contributed by atoms with van der Waals surface area (Å²) in [5.41, 5.74) is 2.23. The number of fused-ring (bicyclic) bond motifs is 2. The van der Waals surface area contributed by atoms with Crippen LogP contribution in [0.1, 0.15) is 36.8 Å². The summed E-state index contributed by atoms with van der Waals surface area (Å²) in [4.78, 5) is 15.1.